The first-order valence-electron chi connectivity index (χ1n) is 10.5. The molecule has 0 aliphatic carbocycles. The maximum Gasteiger partial charge on any atom is 0.326 e. The fourth-order valence-electron chi connectivity index (χ4n) is 3.53. The molecule has 1 atom stereocenters. The molecule has 170 valence electrons. The van der Waals surface area contributed by atoms with Gasteiger partial charge in [0.2, 0.25) is 0 Å². The number of fused-ring (bicyclic) bond motifs is 1. The molecule has 3 rings (SSSR count). The number of terminal acetylenes is 1. The van der Waals surface area contributed by atoms with Crippen molar-refractivity contribution in [1.82, 2.24) is 15.3 Å². The highest BCUT2D eigenvalue weighted by molar-refractivity contribution is 5.97. The van der Waals surface area contributed by atoms with E-state index in [1.54, 1.807) is 51.1 Å². The number of aliphatic carboxylic acids is 1. The van der Waals surface area contributed by atoms with Crippen LogP contribution in [0.3, 0.4) is 0 Å². The summed E-state index contributed by atoms with van der Waals surface area (Å²) >= 11 is 0. The van der Waals surface area contributed by atoms with Crippen LogP contribution in [-0.4, -0.2) is 39.5 Å². The Morgan fingerprint density at radius 3 is 2.52 bits per heavy atom. The second-order valence-corrected chi connectivity index (χ2v) is 8.14. The topological polar surface area (TPSA) is 115 Å². The quantitative estimate of drug-likeness (QED) is 0.458. The average Bonchev–Trinajstić information content (AvgIpc) is 2.77. The molecule has 0 spiro atoms. The van der Waals surface area contributed by atoms with E-state index in [0.717, 1.165) is 11.3 Å². The lowest BCUT2D eigenvalue weighted by molar-refractivity contribution is -0.140. The predicted octanol–water partition coefficient (Wildman–Crippen LogP) is 2.71. The maximum absolute atomic E-state index is 12.5. The lowest BCUT2D eigenvalue weighted by Gasteiger charge is -2.23. The summed E-state index contributed by atoms with van der Waals surface area (Å²) in [6, 6.07) is 11.3. The van der Waals surface area contributed by atoms with Crippen molar-refractivity contribution in [2.45, 2.75) is 33.4 Å². The van der Waals surface area contributed by atoms with Crippen LogP contribution in [0.25, 0.3) is 10.9 Å². The van der Waals surface area contributed by atoms with Crippen LogP contribution in [0.15, 0.2) is 47.3 Å². The second kappa shape index (κ2) is 10.0. The van der Waals surface area contributed by atoms with Gasteiger partial charge in [-0.25, -0.2) is 9.78 Å². The Morgan fingerprint density at radius 2 is 1.91 bits per heavy atom. The summed E-state index contributed by atoms with van der Waals surface area (Å²) < 4.78 is 0. The number of carbonyl (C=O) groups excluding carboxylic acids is 1. The number of hydrogen-bond donors (Lipinski definition) is 3. The molecule has 0 aliphatic heterocycles. The van der Waals surface area contributed by atoms with E-state index in [2.05, 4.69) is 21.2 Å². The first-order valence-corrected chi connectivity index (χ1v) is 10.5. The molecule has 0 aliphatic rings. The molecular weight excluding hydrogens is 420 g/mol. The molecule has 3 aromatic rings. The molecule has 1 heterocycles. The van der Waals surface area contributed by atoms with Gasteiger partial charge in [-0.2, -0.15) is 0 Å². The van der Waals surface area contributed by atoms with E-state index in [1.165, 1.54) is 0 Å². The average molecular weight is 447 g/mol. The first kappa shape index (κ1) is 23.5. The Kier molecular flexibility index (Phi) is 7.13. The van der Waals surface area contributed by atoms with Gasteiger partial charge in [0.05, 0.1) is 17.4 Å². The number of carboxylic acids is 1. The van der Waals surface area contributed by atoms with Crippen molar-refractivity contribution in [3.05, 3.63) is 69.8 Å². The summed E-state index contributed by atoms with van der Waals surface area (Å²) in [4.78, 5) is 45.1. The van der Waals surface area contributed by atoms with E-state index in [4.69, 9.17) is 6.42 Å². The third-order valence-electron chi connectivity index (χ3n) is 5.26. The molecule has 0 radical (unpaired) electrons. The van der Waals surface area contributed by atoms with Gasteiger partial charge in [-0.15, -0.1) is 6.42 Å². The smallest absolute Gasteiger partial charge is 0.326 e. The van der Waals surface area contributed by atoms with Gasteiger partial charge >= 0.3 is 5.97 Å². The Balaban J connectivity index is 1.81. The summed E-state index contributed by atoms with van der Waals surface area (Å²) in [7, 11) is 0. The van der Waals surface area contributed by atoms with E-state index in [1.807, 2.05) is 17.0 Å². The number of aryl methyl sites for hydroxylation is 1. The predicted molar refractivity (Wildman–Crippen MR) is 127 cm³/mol. The van der Waals surface area contributed by atoms with E-state index in [-0.39, 0.29) is 11.5 Å². The Labute approximate surface area is 191 Å². The van der Waals surface area contributed by atoms with Crippen molar-refractivity contribution in [3.63, 3.8) is 0 Å². The third kappa shape index (κ3) is 5.57. The number of aromatic amines is 1. The number of hydrogen-bond acceptors (Lipinski definition) is 5. The second-order valence-electron chi connectivity index (χ2n) is 8.14. The molecular formula is C25H26N4O4. The van der Waals surface area contributed by atoms with Gasteiger partial charge in [-0.1, -0.05) is 25.8 Å². The molecule has 1 amide bonds. The van der Waals surface area contributed by atoms with E-state index in [9.17, 15) is 19.5 Å². The van der Waals surface area contributed by atoms with Crippen LogP contribution in [0, 0.1) is 25.2 Å². The van der Waals surface area contributed by atoms with Crippen LogP contribution in [0.1, 0.15) is 35.6 Å². The van der Waals surface area contributed by atoms with Crippen LogP contribution in [0.4, 0.5) is 5.69 Å². The number of amides is 1. The summed E-state index contributed by atoms with van der Waals surface area (Å²) in [6.07, 6.45) is 5.56. The van der Waals surface area contributed by atoms with Crippen LogP contribution < -0.4 is 15.8 Å². The minimum atomic E-state index is -1.07. The van der Waals surface area contributed by atoms with Gasteiger partial charge in [0.25, 0.3) is 11.5 Å². The normalized spacial score (nSPS) is 11.7. The minimum absolute atomic E-state index is 0.195. The van der Waals surface area contributed by atoms with Crippen molar-refractivity contribution in [2.24, 2.45) is 5.92 Å². The molecule has 0 saturated heterocycles. The molecule has 0 saturated carbocycles. The Hall–Kier alpha value is -4.12. The minimum Gasteiger partial charge on any atom is -0.480 e. The molecule has 0 bridgehead atoms. The van der Waals surface area contributed by atoms with Gasteiger partial charge in [0.15, 0.2) is 0 Å². The summed E-state index contributed by atoms with van der Waals surface area (Å²) in [5.41, 5.74) is 2.46. The molecule has 2 aromatic carbocycles. The molecule has 33 heavy (non-hydrogen) atoms. The maximum atomic E-state index is 12.5. The van der Waals surface area contributed by atoms with Crippen LogP contribution >= 0.6 is 0 Å². The van der Waals surface area contributed by atoms with E-state index >= 15 is 0 Å². The number of aromatic nitrogens is 2. The fraction of sp³-hybridized carbons (Fsp3) is 0.280. The van der Waals surface area contributed by atoms with Gasteiger partial charge in [0, 0.05) is 17.8 Å². The number of rotatable bonds is 8. The monoisotopic (exact) mass is 446 g/mol. The van der Waals surface area contributed by atoms with Crippen molar-refractivity contribution in [2.75, 3.05) is 11.4 Å². The number of carboxylic acid groups (broad SMARTS) is 1. The SMILES string of the molecule is C#CCN(Cc1ccc2nc(C)[nH]c(=O)c2c1)c1ccc(C(=O)N[C@@H](C(=O)O)C(C)C)cc1. The van der Waals surface area contributed by atoms with E-state index < -0.39 is 17.9 Å². The van der Waals surface area contributed by atoms with Gasteiger partial charge in [-0.3, -0.25) is 9.59 Å². The fourth-order valence-corrected chi connectivity index (χ4v) is 3.53. The zero-order valence-corrected chi connectivity index (χ0v) is 18.8. The highest BCUT2D eigenvalue weighted by atomic mass is 16.4. The molecule has 8 heteroatoms. The number of nitrogens with zero attached hydrogens (tertiary/aromatic N) is 2. The molecule has 0 unspecified atom stereocenters. The van der Waals surface area contributed by atoms with Gasteiger partial charge in [-0.05, 0) is 54.8 Å². The van der Waals surface area contributed by atoms with Crippen molar-refractivity contribution >= 4 is 28.5 Å². The highest BCUT2D eigenvalue weighted by Crippen LogP contribution is 2.20. The Bertz CT molecular complexity index is 1270. The van der Waals surface area contributed by atoms with Crippen LogP contribution in [0.5, 0.6) is 0 Å². The lowest BCUT2D eigenvalue weighted by atomic mass is 10.0. The number of H-pyrrole nitrogens is 1. The van der Waals surface area contributed by atoms with Crippen molar-refractivity contribution in [3.8, 4) is 12.3 Å². The zero-order chi connectivity index (χ0) is 24.1. The van der Waals surface area contributed by atoms with Crippen molar-refractivity contribution < 1.29 is 14.7 Å². The standard InChI is InChI=1S/C25H26N4O4/c1-5-12-29(14-17-6-11-21-20(13-17)24(31)27-16(4)26-21)19-9-7-18(8-10-19)23(30)28-22(15(2)3)25(32)33/h1,6-11,13,15,22H,12,14H2,2-4H3,(H,28,30)(H,32,33)(H,26,27,31)/t22-/m1/s1. The molecule has 1 aromatic heterocycles. The van der Waals surface area contributed by atoms with Crippen molar-refractivity contribution in [1.29, 1.82) is 0 Å². The highest BCUT2D eigenvalue weighted by Gasteiger charge is 2.24. The lowest BCUT2D eigenvalue weighted by Crippen LogP contribution is -2.44. The van der Waals surface area contributed by atoms with Crippen LogP contribution in [-0.2, 0) is 11.3 Å². The van der Waals surface area contributed by atoms with Gasteiger partial charge < -0.3 is 20.3 Å². The van der Waals surface area contributed by atoms with Gasteiger partial charge in [0.1, 0.15) is 11.9 Å². The molecule has 3 N–H and O–H groups in total. The number of nitrogens with one attached hydrogen (secondary N) is 2. The Morgan fingerprint density at radius 1 is 1.21 bits per heavy atom. The van der Waals surface area contributed by atoms with E-state index in [0.29, 0.717) is 35.4 Å². The summed E-state index contributed by atoms with van der Waals surface area (Å²) in [6.45, 7) is 5.97. The largest absolute Gasteiger partial charge is 0.480 e. The zero-order valence-electron chi connectivity index (χ0n) is 18.8. The first-order chi connectivity index (χ1) is 15.7. The van der Waals surface area contributed by atoms with Crippen LogP contribution in [0.2, 0.25) is 0 Å². The molecule has 0 fully saturated rings. The number of anilines is 1. The molecule has 8 nitrogen and oxygen atoms in total. The number of benzene rings is 2. The number of carbonyl (C=O) groups is 2. The third-order valence-corrected chi connectivity index (χ3v) is 5.26. The summed E-state index contributed by atoms with van der Waals surface area (Å²) in [5, 5.41) is 12.3. The summed E-state index contributed by atoms with van der Waals surface area (Å²) in [5.74, 6) is 1.41.